The van der Waals surface area contributed by atoms with E-state index in [0.717, 1.165) is 5.56 Å². The van der Waals surface area contributed by atoms with E-state index in [1.165, 1.54) is 19.1 Å². The molecule has 0 fully saturated rings. The van der Waals surface area contributed by atoms with Crippen LogP contribution in [0.4, 0.5) is 5.69 Å². The van der Waals surface area contributed by atoms with Gasteiger partial charge in [0, 0.05) is 18.6 Å². The number of ether oxygens (including phenoxy) is 1. The second-order valence-electron chi connectivity index (χ2n) is 3.77. The lowest BCUT2D eigenvalue weighted by Gasteiger charge is -2.03. The first-order valence-corrected chi connectivity index (χ1v) is 5.37. The van der Waals surface area contributed by atoms with Crippen molar-refractivity contribution in [3.63, 3.8) is 0 Å². The van der Waals surface area contributed by atoms with Crippen LogP contribution in [0.1, 0.15) is 18.9 Å². The van der Waals surface area contributed by atoms with Gasteiger partial charge >= 0.3 is 5.97 Å². The lowest BCUT2D eigenvalue weighted by molar-refractivity contribution is -0.384. The summed E-state index contributed by atoms with van der Waals surface area (Å²) in [5.41, 5.74) is 0.851. The minimum atomic E-state index is -0.551. The van der Waals surface area contributed by atoms with Gasteiger partial charge in [-0.1, -0.05) is 12.1 Å². The smallest absolute Gasteiger partial charge is 0.313 e. The first-order chi connectivity index (χ1) is 8.49. The molecule has 96 valence electrons. The maximum absolute atomic E-state index is 11.1. The van der Waals surface area contributed by atoms with Crippen LogP contribution in [0, 0.1) is 10.1 Å². The van der Waals surface area contributed by atoms with Crippen molar-refractivity contribution in [2.45, 2.75) is 19.8 Å². The van der Waals surface area contributed by atoms with Gasteiger partial charge in [-0.3, -0.25) is 19.7 Å². The maximum atomic E-state index is 11.1. The number of esters is 1. The second-order valence-corrected chi connectivity index (χ2v) is 3.77. The normalized spacial score (nSPS) is 9.83. The van der Waals surface area contributed by atoms with Crippen LogP contribution in [-0.2, 0) is 20.7 Å². The number of rotatable bonds is 6. The highest BCUT2D eigenvalue weighted by Crippen LogP contribution is 2.12. The fourth-order valence-electron chi connectivity index (χ4n) is 1.32. The van der Waals surface area contributed by atoms with E-state index in [4.69, 9.17) is 4.74 Å². The number of ketones is 1. The van der Waals surface area contributed by atoms with Crippen molar-refractivity contribution in [3.8, 4) is 0 Å². The number of hydrogen-bond acceptors (Lipinski definition) is 5. The Bertz CT molecular complexity index is 452. The molecule has 6 heteroatoms. The van der Waals surface area contributed by atoms with E-state index >= 15 is 0 Å². The molecule has 0 saturated carbocycles. The van der Waals surface area contributed by atoms with Crippen LogP contribution >= 0.6 is 0 Å². The van der Waals surface area contributed by atoms with Crippen molar-refractivity contribution in [1.82, 2.24) is 0 Å². The van der Waals surface area contributed by atoms with Gasteiger partial charge in [0.1, 0.15) is 12.2 Å². The molecule has 0 atom stereocenters. The molecule has 0 amide bonds. The van der Waals surface area contributed by atoms with E-state index in [-0.39, 0.29) is 24.5 Å². The molecule has 1 rings (SSSR count). The molecule has 0 radical (unpaired) electrons. The first kappa shape index (κ1) is 13.8. The van der Waals surface area contributed by atoms with Crippen molar-refractivity contribution >= 4 is 17.4 Å². The minimum absolute atomic E-state index is 0.0207. The predicted octanol–water partition coefficient (Wildman–Crippen LogP) is 1.66. The Morgan fingerprint density at radius 3 is 2.39 bits per heavy atom. The summed E-state index contributed by atoms with van der Waals surface area (Å²) in [6, 6.07) is 6.01. The van der Waals surface area contributed by atoms with Gasteiger partial charge in [-0.25, -0.2) is 0 Å². The van der Waals surface area contributed by atoms with E-state index in [9.17, 15) is 19.7 Å². The quantitative estimate of drug-likeness (QED) is 0.332. The van der Waals surface area contributed by atoms with Crippen LogP contribution in [0.5, 0.6) is 0 Å². The molecule has 0 aliphatic carbocycles. The van der Waals surface area contributed by atoms with Gasteiger partial charge in [0.2, 0.25) is 0 Å². The Balaban J connectivity index is 2.38. The number of carbonyl (C=O) groups is 2. The third kappa shape index (κ3) is 4.73. The van der Waals surface area contributed by atoms with Gasteiger partial charge in [-0.2, -0.15) is 0 Å². The summed E-state index contributed by atoms with van der Waals surface area (Å²) in [6.45, 7) is 1.47. The van der Waals surface area contributed by atoms with Crippen molar-refractivity contribution in [3.05, 3.63) is 39.9 Å². The summed E-state index contributed by atoms with van der Waals surface area (Å²) in [6.07, 6.45) is 0.238. The largest absolute Gasteiger partial charge is 0.465 e. The van der Waals surface area contributed by atoms with Gasteiger partial charge < -0.3 is 4.74 Å². The Kier molecular flexibility index (Phi) is 4.98. The van der Waals surface area contributed by atoms with E-state index in [1.807, 2.05) is 0 Å². The summed E-state index contributed by atoms with van der Waals surface area (Å²) in [5.74, 6) is -0.792. The molecule has 18 heavy (non-hydrogen) atoms. The molecule has 0 spiro atoms. The van der Waals surface area contributed by atoms with Gasteiger partial charge in [-0.05, 0) is 12.5 Å². The third-order valence-corrected chi connectivity index (χ3v) is 2.19. The standard InChI is InChI=1S/C12H13NO5/c1-9(14)8-12(15)18-7-6-10-2-4-11(5-3-10)13(16)17/h2-5H,6-8H2,1H3. The van der Waals surface area contributed by atoms with Crippen molar-refractivity contribution < 1.29 is 19.2 Å². The molecule has 0 aromatic heterocycles. The van der Waals surface area contributed by atoms with E-state index in [2.05, 4.69) is 0 Å². The molecule has 0 N–H and O–H groups in total. The fourth-order valence-corrected chi connectivity index (χ4v) is 1.32. The monoisotopic (exact) mass is 251 g/mol. The number of nitrogens with zero attached hydrogens (tertiary/aromatic N) is 1. The first-order valence-electron chi connectivity index (χ1n) is 5.37. The number of hydrogen-bond donors (Lipinski definition) is 0. The number of Topliss-reactive ketones (excluding diaryl/α,β-unsaturated/α-hetero) is 1. The number of benzene rings is 1. The van der Waals surface area contributed by atoms with Crippen LogP contribution in [-0.4, -0.2) is 23.3 Å². The lowest BCUT2D eigenvalue weighted by Crippen LogP contribution is -2.11. The van der Waals surface area contributed by atoms with Gasteiger partial charge in [0.15, 0.2) is 0 Å². The van der Waals surface area contributed by atoms with Gasteiger partial charge in [-0.15, -0.1) is 0 Å². The second kappa shape index (κ2) is 6.48. The molecule has 0 aliphatic rings. The maximum Gasteiger partial charge on any atom is 0.313 e. The zero-order valence-electron chi connectivity index (χ0n) is 9.92. The van der Waals surface area contributed by atoms with E-state index < -0.39 is 10.9 Å². The molecular formula is C12H13NO5. The fraction of sp³-hybridized carbons (Fsp3) is 0.333. The Morgan fingerprint density at radius 1 is 1.28 bits per heavy atom. The topological polar surface area (TPSA) is 86.5 Å². The van der Waals surface area contributed by atoms with Crippen molar-refractivity contribution in [2.75, 3.05) is 6.61 Å². The van der Waals surface area contributed by atoms with E-state index in [0.29, 0.717) is 6.42 Å². The Morgan fingerprint density at radius 2 is 1.89 bits per heavy atom. The van der Waals surface area contributed by atoms with Crippen LogP contribution < -0.4 is 0 Å². The highest BCUT2D eigenvalue weighted by atomic mass is 16.6. The third-order valence-electron chi connectivity index (χ3n) is 2.19. The van der Waals surface area contributed by atoms with Crippen LogP contribution in [0.2, 0.25) is 0 Å². The molecule has 0 heterocycles. The number of nitro benzene ring substituents is 1. The number of carbonyl (C=O) groups excluding carboxylic acids is 2. The average molecular weight is 251 g/mol. The summed E-state index contributed by atoms with van der Waals surface area (Å²) >= 11 is 0. The molecule has 0 saturated heterocycles. The molecule has 0 aliphatic heterocycles. The van der Waals surface area contributed by atoms with Crippen molar-refractivity contribution in [1.29, 1.82) is 0 Å². The zero-order valence-corrected chi connectivity index (χ0v) is 9.92. The summed E-state index contributed by atoms with van der Waals surface area (Å²) < 4.78 is 4.84. The molecule has 1 aromatic rings. The minimum Gasteiger partial charge on any atom is -0.465 e. The van der Waals surface area contributed by atoms with Crippen LogP contribution in [0.3, 0.4) is 0 Å². The highest BCUT2D eigenvalue weighted by Gasteiger charge is 2.07. The SMILES string of the molecule is CC(=O)CC(=O)OCCc1ccc([N+](=O)[O-])cc1. The average Bonchev–Trinajstić information content (AvgIpc) is 2.28. The summed E-state index contributed by atoms with van der Waals surface area (Å²) in [4.78, 5) is 31.6. The number of nitro groups is 1. The summed E-state index contributed by atoms with van der Waals surface area (Å²) in [7, 11) is 0. The van der Waals surface area contributed by atoms with Crippen LogP contribution in [0.25, 0.3) is 0 Å². The highest BCUT2D eigenvalue weighted by molar-refractivity contribution is 5.94. The Hall–Kier alpha value is -2.24. The van der Waals surface area contributed by atoms with Gasteiger partial charge in [0.05, 0.1) is 11.5 Å². The zero-order chi connectivity index (χ0) is 13.5. The lowest BCUT2D eigenvalue weighted by atomic mass is 10.1. The number of non-ortho nitro benzene ring substituents is 1. The van der Waals surface area contributed by atoms with E-state index in [1.54, 1.807) is 12.1 Å². The van der Waals surface area contributed by atoms with Crippen LogP contribution in [0.15, 0.2) is 24.3 Å². The molecular weight excluding hydrogens is 238 g/mol. The molecule has 1 aromatic carbocycles. The molecule has 6 nitrogen and oxygen atoms in total. The summed E-state index contributed by atoms with van der Waals surface area (Å²) in [5, 5.41) is 10.4. The Labute approximate surface area is 104 Å². The van der Waals surface area contributed by atoms with Crippen molar-refractivity contribution in [2.24, 2.45) is 0 Å². The predicted molar refractivity (Wildman–Crippen MR) is 63.1 cm³/mol. The molecule has 0 unspecified atom stereocenters. The van der Waals surface area contributed by atoms with Gasteiger partial charge in [0.25, 0.3) is 5.69 Å². The molecule has 0 bridgehead atoms.